The molecular formula is C16H25N3O2. The summed E-state index contributed by atoms with van der Waals surface area (Å²) in [4.78, 5) is 18.4. The number of nitrogens with zero attached hydrogens (tertiary/aromatic N) is 2. The molecule has 1 saturated heterocycles. The van der Waals surface area contributed by atoms with Crippen LogP contribution in [0.25, 0.3) is 0 Å². The van der Waals surface area contributed by atoms with Gasteiger partial charge < -0.3 is 15.4 Å². The van der Waals surface area contributed by atoms with E-state index in [1.165, 1.54) is 0 Å². The molecular weight excluding hydrogens is 266 g/mol. The van der Waals surface area contributed by atoms with Crippen molar-refractivity contribution in [1.29, 1.82) is 0 Å². The lowest BCUT2D eigenvalue weighted by molar-refractivity contribution is 0.00943. The Balaban J connectivity index is 2.24. The Hall–Kier alpha value is -1.78. The van der Waals surface area contributed by atoms with Crippen molar-refractivity contribution in [2.45, 2.75) is 58.6 Å². The van der Waals surface area contributed by atoms with Crippen molar-refractivity contribution in [1.82, 2.24) is 9.88 Å². The first-order valence-corrected chi connectivity index (χ1v) is 7.49. The van der Waals surface area contributed by atoms with Gasteiger partial charge in [-0.2, -0.15) is 0 Å². The zero-order valence-electron chi connectivity index (χ0n) is 13.3. The molecule has 0 aliphatic carbocycles. The van der Waals surface area contributed by atoms with E-state index in [1.807, 2.05) is 38.7 Å². The van der Waals surface area contributed by atoms with E-state index in [9.17, 15) is 4.79 Å². The average molecular weight is 291 g/mol. The summed E-state index contributed by atoms with van der Waals surface area (Å²) in [6, 6.07) is 1.89. The zero-order chi connectivity index (χ0) is 15.6. The number of anilines is 1. The van der Waals surface area contributed by atoms with Crippen molar-refractivity contribution in [3.63, 3.8) is 0 Å². The average Bonchev–Trinajstić information content (AvgIpc) is 2.37. The number of hydrogen-bond donors (Lipinski definition) is 1. The molecule has 2 heterocycles. The molecule has 0 radical (unpaired) electrons. The maximum Gasteiger partial charge on any atom is 0.410 e. The fourth-order valence-electron chi connectivity index (χ4n) is 2.73. The molecule has 2 rings (SSSR count). The first kappa shape index (κ1) is 15.6. The lowest BCUT2D eigenvalue weighted by Gasteiger charge is -2.37. The number of amides is 1. The minimum Gasteiger partial charge on any atom is -0.444 e. The van der Waals surface area contributed by atoms with Gasteiger partial charge in [0.2, 0.25) is 0 Å². The third-order valence-electron chi connectivity index (χ3n) is 3.66. The lowest BCUT2D eigenvalue weighted by Crippen LogP contribution is -2.42. The number of pyridine rings is 1. The molecule has 1 atom stereocenters. The van der Waals surface area contributed by atoms with Crippen molar-refractivity contribution in [3.8, 4) is 0 Å². The highest BCUT2D eigenvalue weighted by Crippen LogP contribution is 2.33. The molecule has 0 bridgehead atoms. The van der Waals surface area contributed by atoms with Crippen LogP contribution in [0.4, 0.5) is 10.6 Å². The summed E-state index contributed by atoms with van der Waals surface area (Å²) < 4.78 is 5.53. The smallest absolute Gasteiger partial charge is 0.410 e. The predicted molar refractivity (Wildman–Crippen MR) is 82.9 cm³/mol. The van der Waals surface area contributed by atoms with Gasteiger partial charge in [-0.3, -0.25) is 0 Å². The van der Waals surface area contributed by atoms with E-state index in [4.69, 9.17) is 10.5 Å². The molecule has 1 aromatic heterocycles. The maximum atomic E-state index is 12.4. The Morgan fingerprint density at radius 3 is 2.76 bits per heavy atom. The lowest BCUT2D eigenvalue weighted by atomic mass is 9.94. The van der Waals surface area contributed by atoms with E-state index in [0.717, 1.165) is 36.9 Å². The Morgan fingerprint density at radius 2 is 2.14 bits per heavy atom. The van der Waals surface area contributed by atoms with E-state index < -0.39 is 5.60 Å². The monoisotopic (exact) mass is 291 g/mol. The molecule has 1 aromatic rings. The van der Waals surface area contributed by atoms with Gasteiger partial charge >= 0.3 is 6.09 Å². The number of likely N-dealkylation sites (tertiary alicyclic amines) is 1. The fraction of sp³-hybridized carbons (Fsp3) is 0.625. The summed E-state index contributed by atoms with van der Waals surface area (Å²) in [5.41, 5.74) is 7.38. The maximum absolute atomic E-state index is 12.4. The minimum absolute atomic E-state index is 0.0294. The number of piperidine rings is 1. The molecule has 1 fully saturated rings. The van der Waals surface area contributed by atoms with Crippen LogP contribution in [0.5, 0.6) is 0 Å². The largest absolute Gasteiger partial charge is 0.444 e. The highest BCUT2D eigenvalue weighted by atomic mass is 16.6. The van der Waals surface area contributed by atoms with Gasteiger partial charge in [0.1, 0.15) is 11.4 Å². The first-order chi connectivity index (χ1) is 9.78. The third kappa shape index (κ3) is 3.86. The van der Waals surface area contributed by atoms with Crippen LogP contribution in [0.1, 0.15) is 57.2 Å². The molecule has 1 amide bonds. The number of carbonyl (C=O) groups excluding carboxylic acids is 1. The summed E-state index contributed by atoms with van der Waals surface area (Å²) in [6.45, 7) is 8.40. The van der Waals surface area contributed by atoms with Gasteiger partial charge in [-0.15, -0.1) is 0 Å². The highest BCUT2D eigenvalue weighted by Gasteiger charge is 2.32. The summed E-state index contributed by atoms with van der Waals surface area (Å²) in [5, 5.41) is 0. The standard InChI is InChI=1S/C16H25N3O2/c1-11-9-14(17)18-10-12(11)13-7-5-6-8-19(13)15(20)21-16(2,3)4/h9-10,13H,5-8H2,1-4H3,(H2,17,18)/t13-/m0/s1. The molecule has 0 saturated carbocycles. The Morgan fingerprint density at radius 1 is 1.43 bits per heavy atom. The molecule has 2 N–H and O–H groups in total. The van der Waals surface area contributed by atoms with Gasteiger partial charge in [-0.05, 0) is 64.2 Å². The van der Waals surface area contributed by atoms with E-state index >= 15 is 0 Å². The van der Waals surface area contributed by atoms with Crippen LogP contribution in [0.15, 0.2) is 12.3 Å². The molecule has 116 valence electrons. The minimum atomic E-state index is -0.479. The summed E-state index contributed by atoms with van der Waals surface area (Å²) >= 11 is 0. The van der Waals surface area contributed by atoms with Crippen molar-refractivity contribution in [3.05, 3.63) is 23.4 Å². The molecule has 0 aromatic carbocycles. The first-order valence-electron chi connectivity index (χ1n) is 7.49. The van der Waals surface area contributed by atoms with Crippen molar-refractivity contribution in [2.75, 3.05) is 12.3 Å². The Labute approximate surface area is 126 Å². The number of carbonyl (C=O) groups is 1. The summed E-state index contributed by atoms with van der Waals surface area (Å²) in [5.74, 6) is 0.510. The number of rotatable bonds is 1. The van der Waals surface area contributed by atoms with Crippen molar-refractivity contribution >= 4 is 11.9 Å². The zero-order valence-corrected chi connectivity index (χ0v) is 13.3. The highest BCUT2D eigenvalue weighted by molar-refractivity contribution is 5.69. The van der Waals surface area contributed by atoms with Crippen LogP contribution >= 0.6 is 0 Å². The van der Waals surface area contributed by atoms with E-state index in [1.54, 1.807) is 6.20 Å². The molecule has 21 heavy (non-hydrogen) atoms. The van der Waals surface area contributed by atoms with E-state index in [-0.39, 0.29) is 12.1 Å². The van der Waals surface area contributed by atoms with Crippen molar-refractivity contribution < 1.29 is 9.53 Å². The summed E-state index contributed by atoms with van der Waals surface area (Å²) in [7, 11) is 0. The van der Waals surface area contributed by atoms with Crippen LogP contribution in [-0.2, 0) is 4.74 Å². The topological polar surface area (TPSA) is 68.5 Å². The Bertz CT molecular complexity index is 523. The van der Waals surface area contributed by atoms with Gasteiger partial charge in [0.25, 0.3) is 0 Å². The Kier molecular flexibility index (Phi) is 4.40. The van der Waals surface area contributed by atoms with Crippen LogP contribution in [-0.4, -0.2) is 28.1 Å². The van der Waals surface area contributed by atoms with Gasteiger partial charge in [-0.25, -0.2) is 9.78 Å². The molecule has 0 unspecified atom stereocenters. The SMILES string of the molecule is Cc1cc(N)ncc1[C@@H]1CCCCN1C(=O)OC(C)(C)C. The van der Waals surface area contributed by atoms with Gasteiger partial charge in [0.15, 0.2) is 0 Å². The normalized spacial score (nSPS) is 19.4. The number of aromatic nitrogens is 1. The third-order valence-corrected chi connectivity index (χ3v) is 3.66. The van der Waals surface area contributed by atoms with Crippen LogP contribution in [0.3, 0.4) is 0 Å². The van der Waals surface area contributed by atoms with Gasteiger partial charge in [-0.1, -0.05) is 0 Å². The molecule has 1 aliphatic heterocycles. The second-order valence-corrected chi connectivity index (χ2v) is 6.65. The number of aryl methyl sites for hydroxylation is 1. The van der Waals surface area contributed by atoms with Gasteiger partial charge in [0.05, 0.1) is 6.04 Å². The molecule has 5 nitrogen and oxygen atoms in total. The van der Waals surface area contributed by atoms with Crippen LogP contribution in [0, 0.1) is 6.92 Å². The second kappa shape index (κ2) is 5.92. The second-order valence-electron chi connectivity index (χ2n) is 6.65. The molecule has 1 aliphatic rings. The van der Waals surface area contributed by atoms with E-state index in [2.05, 4.69) is 4.98 Å². The van der Waals surface area contributed by atoms with Gasteiger partial charge in [0, 0.05) is 12.7 Å². The quantitative estimate of drug-likeness (QED) is 0.860. The van der Waals surface area contributed by atoms with E-state index in [0.29, 0.717) is 5.82 Å². The number of ether oxygens (including phenoxy) is 1. The number of nitrogens with two attached hydrogens (primary N) is 1. The van der Waals surface area contributed by atoms with Crippen LogP contribution in [0.2, 0.25) is 0 Å². The molecule has 0 spiro atoms. The number of nitrogen functional groups attached to an aromatic ring is 1. The summed E-state index contributed by atoms with van der Waals surface area (Å²) in [6.07, 6.45) is 4.60. The predicted octanol–water partition coefficient (Wildman–Crippen LogP) is 3.43. The van der Waals surface area contributed by atoms with Crippen LogP contribution < -0.4 is 5.73 Å². The molecule has 5 heteroatoms. The number of hydrogen-bond acceptors (Lipinski definition) is 4. The van der Waals surface area contributed by atoms with Crippen molar-refractivity contribution in [2.24, 2.45) is 0 Å². The fourth-order valence-corrected chi connectivity index (χ4v) is 2.73.